The van der Waals surface area contributed by atoms with Gasteiger partial charge in [0.2, 0.25) is 0 Å². The lowest BCUT2D eigenvalue weighted by Crippen LogP contribution is -2.33. The first kappa shape index (κ1) is 20.9. The Hall–Kier alpha value is -3.32. The summed E-state index contributed by atoms with van der Waals surface area (Å²) in [5.41, 5.74) is 1.86. The number of aromatic carboxylic acids is 1. The maximum absolute atomic E-state index is 14.0. The van der Waals surface area contributed by atoms with Crippen molar-refractivity contribution in [3.63, 3.8) is 0 Å². The van der Waals surface area contributed by atoms with Gasteiger partial charge in [0.1, 0.15) is 36.2 Å². The van der Waals surface area contributed by atoms with E-state index in [4.69, 9.17) is 21.1 Å². The third-order valence-electron chi connectivity index (χ3n) is 4.95. The van der Waals surface area contributed by atoms with Gasteiger partial charge in [0.15, 0.2) is 5.75 Å². The fourth-order valence-electron chi connectivity index (χ4n) is 3.45. The summed E-state index contributed by atoms with van der Waals surface area (Å²) in [5, 5.41) is 9.66. The average Bonchev–Trinajstić information content (AvgIpc) is 2.74. The average molecular weight is 446 g/mol. The molecular weight excluding hydrogens is 428 g/mol. The van der Waals surface area contributed by atoms with Crippen molar-refractivity contribution in [1.82, 2.24) is 0 Å². The molecule has 160 valence electrons. The highest BCUT2D eigenvalue weighted by atomic mass is 35.5. The molecule has 0 spiro atoms. The fourth-order valence-corrected chi connectivity index (χ4v) is 3.67. The highest BCUT2D eigenvalue weighted by molar-refractivity contribution is 6.31. The molecule has 1 heterocycles. The van der Waals surface area contributed by atoms with Gasteiger partial charge in [0, 0.05) is 17.7 Å². The standard InChI is InChI=1S/C23H18ClF2NO4/c24-19-11-17(26)5-4-14(19)13-31-21-7-6-16(25)10-15(21)12-27-8-9-30-22-18(23(28)29)2-1-3-20(22)27/h1-7,10-11H,8-9,12-13H2,(H,28,29). The lowest BCUT2D eigenvalue weighted by Gasteiger charge is -2.32. The van der Waals surface area contributed by atoms with Crippen molar-refractivity contribution in [1.29, 1.82) is 0 Å². The van der Waals surface area contributed by atoms with Crippen LogP contribution in [0, 0.1) is 11.6 Å². The number of hydrogen-bond donors (Lipinski definition) is 1. The summed E-state index contributed by atoms with van der Waals surface area (Å²) in [7, 11) is 0. The molecule has 0 saturated carbocycles. The summed E-state index contributed by atoms with van der Waals surface area (Å²) in [6, 6.07) is 13.1. The molecule has 0 amide bonds. The van der Waals surface area contributed by atoms with Crippen LogP contribution in [0.4, 0.5) is 14.5 Å². The van der Waals surface area contributed by atoms with Gasteiger partial charge in [-0.2, -0.15) is 0 Å². The Balaban J connectivity index is 1.59. The molecule has 1 aliphatic rings. The maximum Gasteiger partial charge on any atom is 0.339 e. The summed E-state index contributed by atoms with van der Waals surface area (Å²) >= 11 is 6.06. The van der Waals surface area contributed by atoms with E-state index in [9.17, 15) is 18.7 Å². The quantitative estimate of drug-likeness (QED) is 0.558. The van der Waals surface area contributed by atoms with Crippen LogP contribution in [0.5, 0.6) is 11.5 Å². The number of carboxylic acids is 1. The lowest BCUT2D eigenvalue weighted by atomic mass is 10.1. The molecule has 0 aliphatic carbocycles. The van der Waals surface area contributed by atoms with E-state index in [0.717, 1.165) is 0 Å². The largest absolute Gasteiger partial charge is 0.489 e. The zero-order valence-electron chi connectivity index (χ0n) is 16.3. The van der Waals surface area contributed by atoms with Crippen LogP contribution in [0.1, 0.15) is 21.5 Å². The summed E-state index contributed by atoms with van der Waals surface area (Å²) in [6.07, 6.45) is 0. The predicted octanol–water partition coefficient (Wildman–Crippen LogP) is 5.29. The molecule has 0 unspecified atom stereocenters. The molecule has 31 heavy (non-hydrogen) atoms. The molecule has 0 fully saturated rings. The number of benzene rings is 3. The normalized spacial score (nSPS) is 12.8. The van der Waals surface area contributed by atoms with Crippen LogP contribution in [0.3, 0.4) is 0 Å². The van der Waals surface area contributed by atoms with Crippen molar-refractivity contribution in [3.05, 3.63) is 87.9 Å². The van der Waals surface area contributed by atoms with Crippen molar-refractivity contribution in [2.45, 2.75) is 13.2 Å². The van der Waals surface area contributed by atoms with Crippen molar-refractivity contribution in [2.75, 3.05) is 18.1 Å². The van der Waals surface area contributed by atoms with Gasteiger partial charge in [-0.1, -0.05) is 23.7 Å². The van der Waals surface area contributed by atoms with Crippen LogP contribution in [0.15, 0.2) is 54.6 Å². The number of para-hydroxylation sites is 1. The molecule has 0 bridgehead atoms. The third-order valence-corrected chi connectivity index (χ3v) is 5.31. The first-order valence-electron chi connectivity index (χ1n) is 9.51. The van der Waals surface area contributed by atoms with Gasteiger partial charge < -0.3 is 19.5 Å². The topological polar surface area (TPSA) is 59.0 Å². The minimum atomic E-state index is -1.08. The number of halogens is 3. The first-order chi connectivity index (χ1) is 14.9. The number of hydrogen-bond acceptors (Lipinski definition) is 4. The Morgan fingerprint density at radius 1 is 1.10 bits per heavy atom. The minimum absolute atomic E-state index is 0.0730. The number of rotatable bonds is 6. The van der Waals surface area contributed by atoms with Crippen LogP contribution in [0.25, 0.3) is 0 Å². The van der Waals surface area contributed by atoms with Crippen LogP contribution < -0.4 is 14.4 Å². The van der Waals surface area contributed by atoms with E-state index in [-0.39, 0.29) is 23.7 Å². The van der Waals surface area contributed by atoms with Crippen molar-refractivity contribution < 1.29 is 28.2 Å². The fraction of sp³-hybridized carbons (Fsp3) is 0.174. The molecule has 5 nitrogen and oxygen atoms in total. The highest BCUT2D eigenvalue weighted by Crippen LogP contribution is 2.37. The van der Waals surface area contributed by atoms with Gasteiger partial charge in [-0.05, 0) is 42.5 Å². The zero-order chi connectivity index (χ0) is 22.0. The van der Waals surface area contributed by atoms with E-state index in [1.807, 2.05) is 4.90 Å². The number of ether oxygens (including phenoxy) is 2. The summed E-state index contributed by atoms with van der Waals surface area (Å²) < 4.78 is 38.7. The molecule has 0 aromatic heterocycles. The predicted molar refractivity (Wildman–Crippen MR) is 112 cm³/mol. The number of nitrogens with zero attached hydrogens (tertiary/aromatic N) is 1. The van der Waals surface area contributed by atoms with Crippen molar-refractivity contribution >= 4 is 23.3 Å². The Kier molecular flexibility index (Phi) is 5.95. The number of anilines is 1. The second kappa shape index (κ2) is 8.81. The van der Waals surface area contributed by atoms with E-state index >= 15 is 0 Å². The first-order valence-corrected chi connectivity index (χ1v) is 9.89. The number of fused-ring (bicyclic) bond motifs is 1. The zero-order valence-corrected chi connectivity index (χ0v) is 17.0. The molecule has 1 aliphatic heterocycles. The van der Waals surface area contributed by atoms with E-state index in [1.54, 1.807) is 12.1 Å². The summed E-state index contributed by atoms with van der Waals surface area (Å²) in [5.74, 6) is -1.20. The highest BCUT2D eigenvalue weighted by Gasteiger charge is 2.24. The monoisotopic (exact) mass is 445 g/mol. The van der Waals surface area contributed by atoms with Crippen LogP contribution in [0.2, 0.25) is 5.02 Å². The SMILES string of the molecule is O=C(O)c1cccc2c1OCCN2Cc1cc(F)ccc1OCc1ccc(F)cc1Cl. The Labute approximate surface area is 182 Å². The molecule has 0 radical (unpaired) electrons. The van der Waals surface area contributed by atoms with Gasteiger partial charge in [-0.25, -0.2) is 13.6 Å². The second-order valence-electron chi connectivity index (χ2n) is 7.01. The molecule has 8 heteroatoms. The summed E-state index contributed by atoms with van der Waals surface area (Å²) in [4.78, 5) is 13.4. The molecular formula is C23H18ClF2NO4. The molecule has 4 rings (SSSR count). The molecule has 1 N–H and O–H groups in total. The van der Waals surface area contributed by atoms with Crippen LogP contribution in [-0.4, -0.2) is 24.2 Å². The second-order valence-corrected chi connectivity index (χ2v) is 7.41. The van der Waals surface area contributed by atoms with Crippen molar-refractivity contribution in [2.24, 2.45) is 0 Å². The van der Waals surface area contributed by atoms with Gasteiger partial charge in [-0.15, -0.1) is 0 Å². The van der Waals surface area contributed by atoms with Gasteiger partial charge >= 0.3 is 5.97 Å². The summed E-state index contributed by atoms with van der Waals surface area (Å²) in [6.45, 7) is 1.16. The smallest absolute Gasteiger partial charge is 0.339 e. The molecule has 0 atom stereocenters. The Morgan fingerprint density at radius 3 is 2.65 bits per heavy atom. The number of carboxylic acid groups (broad SMARTS) is 1. The molecule has 3 aromatic rings. The van der Waals surface area contributed by atoms with Crippen LogP contribution >= 0.6 is 11.6 Å². The van der Waals surface area contributed by atoms with Gasteiger partial charge in [0.25, 0.3) is 0 Å². The van der Waals surface area contributed by atoms with E-state index in [1.165, 1.54) is 42.5 Å². The number of carbonyl (C=O) groups is 1. The van der Waals surface area contributed by atoms with E-state index in [2.05, 4.69) is 0 Å². The Morgan fingerprint density at radius 2 is 1.87 bits per heavy atom. The molecule has 0 saturated heterocycles. The molecule has 3 aromatic carbocycles. The lowest BCUT2D eigenvalue weighted by molar-refractivity contribution is 0.0692. The van der Waals surface area contributed by atoms with Crippen LogP contribution in [-0.2, 0) is 13.2 Å². The van der Waals surface area contributed by atoms with Gasteiger partial charge in [0.05, 0.1) is 17.3 Å². The van der Waals surface area contributed by atoms with Crippen molar-refractivity contribution in [3.8, 4) is 11.5 Å². The Bertz CT molecular complexity index is 1140. The van der Waals surface area contributed by atoms with E-state index in [0.29, 0.717) is 41.5 Å². The third kappa shape index (κ3) is 4.56. The van der Waals surface area contributed by atoms with Gasteiger partial charge in [-0.3, -0.25) is 0 Å². The minimum Gasteiger partial charge on any atom is -0.489 e. The van der Waals surface area contributed by atoms with E-state index < -0.39 is 17.6 Å². The maximum atomic E-state index is 14.0.